The van der Waals surface area contributed by atoms with Crippen molar-refractivity contribution >= 4 is 10.9 Å². The maximum atomic E-state index is 4.74. The molecule has 0 aliphatic rings. The number of aromatic nitrogens is 1. The summed E-state index contributed by atoms with van der Waals surface area (Å²) in [5, 5.41) is 4.45. The number of rotatable bonds is 4. The van der Waals surface area contributed by atoms with Gasteiger partial charge in [-0.05, 0) is 38.1 Å². The molecule has 0 saturated heterocycles. The van der Waals surface area contributed by atoms with E-state index >= 15 is 0 Å². The van der Waals surface area contributed by atoms with Crippen LogP contribution in [0.4, 0.5) is 0 Å². The van der Waals surface area contributed by atoms with E-state index in [2.05, 4.69) is 60.8 Å². The maximum Gasteiger partial charge on any atom is 0.0709 e. The zero-order chi connectivity index (χ0) is 14.7. The van der Waals surface area contributed by atoms with E-state index < -0.39 is 0 Å². The van der Waals surface area contributed by atoms with E-state index in [9.17, 15) is 0 Å². The number of nitrogens with zero attached hydrogens (tertiary/aromatic N) is 1. The fourth-order valence-electron chi connectivity index (χ4n) is 2.49. The van der Waals surface area contributed by atoms with E-state index in [-0.39, 0.29) is 0 Å². The first kappa shape index (κ1) is 13.8. The van der Waals surface area contributed by atoms with Gasteiger partial charge < -0.3 is 5.32 Å². The number of pyridine rings is 1. The first-order valence-corrected chi connectivity index (χ1v) is 7.38. The fourth-order valence-corrected chi connectivity index (χ4v) is 2.49. The monoisotopic (exact) mass is 276 g/mol. The minimum atomic E-state index is 0.495. The van der Waals surface area contributed by atoms with Crippen molar-refractivity contribution in [1.82, 2.24) is 10.3 Å². The maximum absolute atomic E-state index is 4.74. The van der Waals surface area contributed by atoms with Gasteiger partial charge in [-0.3, -0.25) is 0 Å². The van der Waals surface area contributed by atoms with Crippen LogP contribution in [0.25, 0.3) is 22.2 Å². The Bertz CT molecular complexity index is 732. The van der Waals surface area contributed by atoms with E-state index in [4.69, 9.17) is 4.98 Å². The molecule has 0 bridgehead atoms. The Morgan fingerprint density at radius 1 is 0.952 bits per heavy atom. The van der Waals surface area contributed by atoms with Crippen molar-refractivity contribution in [3.8, 4) is 11.3 Å². The van der Waals surface area contributed by atoms with Gasteiger partial charge in [0.05, 0.1) is 11.2 Å². The summed E-state index contributed by atoms with van der Waals surface area (Å²) in [5.74, 6) is 0. The molecule has 0 aliphatic carbocycles. The van der Waals surface area contributed by atoms with Gasteiger partial charge in [0.1, 0.15) is 0 Å². The number of para-hydroxylation sites is 1. The van der Waals surface area contributed by atoms with Gasteiger partial charge >= 0.3 is 0 Å². The molecule has 0 fully saturated rings. The number of benzene rings is 2. The molecule has 106 valence electrons. The molecular weight excluding hydrogens is 256 g/mol. The Kier molecular flexibility index (Phi) is 3.98. The van der Waals surface area contributed by atoms with Crippen LogP contribution in [0.15, 0.2) is 60.7 Å². The van der Waals surface area contributed by atoms with Crippen molar-refractivity contribution in [2.75, 3.05) is 7.05 Å². The minimum Gasteiger partial charge on any atom is -0.317 e. The van der Waals surface area contributed by atoms with Crippen LogP contribution in [0.2, 0.25) is 0 Å². The van der Waals surface area contributed by atoms with E-state index in [1.54, 1.807) is 0 Å². The lowest BCUT2D eigenvalue weighted by atomic mass is 10.0. The predicted molar refractivity (Wildman–Crippen MR) is 89.4 cm³/mol. The highest BCUT2D eigenvalue weighted by Crippen LogP contribution is 2.21. The number of nitrogens with one attached hydrogen (secondary N) is 1. The molecule has 0 aliphatic heterocycles. The van der Waals surface area contributed by atoms with Gasteiger partial charge in [0.25, 0.3) is 0 Å². The van der Waals surface area contributed by atoms with Gasteiger partial charge in [-0.1, -0.05) is 48.5 Å². The van der Waals surface area contributed by atoms with Crippen LogP contribution in [0.1, 0.15) is 12.5 Å². The molecule has 1 N–H and O–H groups in total. The molecular formula is C19H20N2. The molecule has 0 amide bonds. The molecule has 3 aromatic rings. The molecule has 1 heterocycles. The van der Waals surface area contributed by atoms with Crippen molar-refractivity contribution in [1.29, 1.82) is 0 Å². The van der Waals surface area contributed by atoms with Gasteiger partial charge in [-0.25, -0.2) is 4.98 Å². The molecule has 2 nitrogen and oxygen atoms in total. The zero-order valence-corrected chi connectivity index (χ0v) is 12.5. The third-order valence-electron chi connectivity index (χ3n) is 3.88. The van der Waals surface area contributed by atoms with Crippen molar-refractivity contribution in [3.63, 3.8) is 0 Å². The largest absolute Gasteiger partial charge is 0.317 e. The molecule has 21 heavy (non-hydrogen) atoms. The molecule has 2 aromatic carbocycles. The smallest absolute Gasteiger partial charge is 0.0709 e. The second kappa shape index (κ2) is 6.06. The number of fused-ring (bicyclic) bond motifs is 1. The van der Waals surface area contributed by atoms with E-state index in [0.717, 1.165) is 17.6 Å². The molecule has 1 unspecified atom stereocenters. The van der Waals surface area contributed by atoms with E-state index in [1.807, 2.05) is 19.2 Å². The van der Waals surface area contributed by atoms with Crippen LogP contribution in [-0.2, 0) is 6.42 Å². The Morgan fingerprint density at radius 2 is 1.71 bits per heavy atom. The molecule has 0 spiro atoms. The zero-order valence-electron chi connectivity index (χ0n) is 12.5. The topological polar surface area (TPSA) is 24.9 Å². The van der Waals surface area contributed by atoms with Crippen molar-refractivity contribution in [2.24, 2.45) is 0 Å². The highest BCUT2D eigenvalue weighted by atomic mass is 14.8. The molecule has 0 saturated carbocycles. The van der Waals surface area contributed by atoms with Gasteiger partial charge in [-0.15, -0.1) is 0 Å². The Labute approximate surface area is 125 Å². The average Bonchev–Trinajstić information content (AvgIpc) is 2.55. The lowest BCUT2D eigenvalue weighted by molar-refractivity contribution is 0.608. The summed E-state index contributed by atoms with van der Waals surface area (Å²) in [5.41, 5.74) is 4.59. The molecule has 2 heteroatoms. The van der Waals surface area contributed by atoms with E-state index in [1.165, 1.54) is 16.5 Å². The number of hydrogen-bond acceptors (Lipinski definition) is 2. The van der Waals surface area contributed by atoms with Crippen LogP contribution in [0, 0.1) is 0 Å². The highest BCUT2D eigenvalue weighted by Gasteiger charge is 2.03. The predicted octanol–water partition coefficient (Wildman–Crippen LogP) is 4.05. The summed E-state index contributed by atoms with van der Waals surface area (Å²) < 4.78 is 0. The quantitative estimate of drug-likeness (QED) is 0.777. The Hall–Kier alpha value is -2.19. The summed E-state index contributed by atoms with van der Waals surface area (Å²) >= 11 is 0. The minimum absolute atomic E-state index is 0.495. The van der Waals surface area contributed by atoms with Gasteiger partial charge in [0.2, 0.25) is 0 Å². The summed E-state index contributed by atoms with van der Waals surface area (Å²) in [4.78, 5) is 4.74. The second-order valence-corrected chi connectivity index (χ2v) is 5.48. The Morgan fingerprint density at radius 3 is 2.48 bits per heavy atom. The SMILES string of the molecule is CNC(C)Cc1ccc(-c2ccc3ccccc3n2)cc1. The third kappa shape index (κ3) is 3.11. The lowest BCUT2D eigenvalue weighted by Crippen LogP contribution is -2.23. The van der Waals surface area contributed by atoms with Crippen LogP contribution in [0.5, 0.6) is 0 Å². The van der Waals surface area contributed by atoms with Crippen LogP contribution < -0.4 is 5.32 Å². The molecule has 1 aromatic heterocycles. The van der Waals surface area contributed by atoms with Crippen LogP contribution >= 0.6 is 0 Å². The van der Waals surface area contributed by atoms with Crippen molar-refractivity contribution in [2.45, 2.75) is 19.4 Å². The number of hydrogen-bond donors (Lipinski definition) is 1. The third-order valence-corrected chi connectivity index (χ3v) is 3.88. The number of likely N-dealkylation sites (N-methyl/N-ethyl adjacent to an activating group) is 1. The van der Waals surface area contributed by atoms with Gasteiger partial charge in [0, 0.05) is 17.0 Å². The van der Waals surface area contributed by atoms with E-state index in [0.29, 0.717) is 6.04 Å². The van der Waals surface area contributed by atoms with Crippen molar-refractivity contribution in [3.05, 3.63) is 66.2 Å². The summed E-state index contributed by atoms with van der Waals surface area (Å²) in [6.45, 7) is 2.19. The van der Waals surface area contributed by atoms with Gasteiger partial charge in [-0.2, -0.15) is 0 Å². The lowest BCUT2D eigenvalue weighted by Gasteiger charge is -2.10. The summed E-state index contributed by atoms with van der Waals surface area (Å²) in [6.07, 6.45) is 1.04. The molecule has 0 radical (unpaired) electrons. The molecule has 3 rings (SSSR count). The first-order chi connectivity index (χ1) is 10.3. The standard InChI is InChI=1S/C19H20N2/c1-14(20-2)13-15-7-9-17(10-8-15)19-12-11-16-5-3-4-6-18(16)21-19/h3-12,14,20H,13H2,1-2H3. The van der Waals surface area contributed by atoms with Crippen molar-refractivity contribution < 1.29 is 0 Å². The fraction of sp³-hybridized carbons (Fsp3) is 0.211. The first-order valence-electron chi connectivity index (χ1n) is 7.38. The van der Waals surface area contributed by atoms with Crippen LogP contribution in [-0.4, -0.2) is 18.1 Å². The average molecular weight is 276 g/mol. The highest BCUT2D eigenvalue weighted by molar-refractivity contribution is 5.81. The molecule has 1 atom stereocenters. The van der Waals surface area contributed by atoms with Crippen LogP contribution in [0.3, 0.4) is 0 Å². The second-order valence-electron chi connectivity index (χ2n) is 5.48. The Balaban J connectivity index is 1.88. The summed E-state index contributed by atoms with van der Waals surface area (Å²) in [6, 6.07) is 21.7. The van der Waals surface area contributed by atoms with Gasteiger partial charge in [0.15, 0.2) is 0 Å². The normalized spacial score (nSPS) is 12.5. The summed E-state index contributed by atoms with van der Waals surface area (Å²) in [7, 11) is 2.00.